The van der Waals surface area contributed by atoms with Gasteiger partial charge < -0.3 is 28.7 Å². The highest BCUT2D eigenvalue weighted by Gasteiger charge is 2.13. The summed E-state index contributed by atoms with van der Waals surface area (Å²) in [5.41, 5.74) is 0. The molecular formula is C23H48NO6P. The second-order valence-corrected chi connectivity index (χ2v) is 9.49. The standard InChI is InChI=1S/C23H48NO6P/c1-4-5-6-7-8-9-10-11-12-13-14-15-16-17-23(26)28-20-22(25)21-30-31(27)29-19-18-24(2)3/h22,25,27H,4-21H2,1-3H3. The molecule has 0 rings (SSSR count). The van der Waals surface area contributed by atoms with Crippen molar-refractivity contribution in [1.29, 1.82) is 0 Å². The molecule has 2 unspecified atom stereocenters. The fourth-order valence-electron chi connectivity index (χ4n) is 3.09. The van der Waals surface area contributed by atoms with Crippen molar-refractivity contribution >= 4 is 14.6 Å². The Bertz CT molecular complexity index is 400. The van der Waals surface area contributed by atoms with Crippen molar-refractivity contribution in [2.45, 2.75) is 103 Å². The monoisotopic (exact) mass is 465 g/mol. The number of carbonyl (C=O) groups excluding carboxylic acids is 1. The maximum absolute atomic E-state index is 11.7. The van der Waals surface area contributed by atoms with Crippen LogP contribution in [0.5, 0.6) is 0 Å². The number of esters is 1. The molecule has 0 aliphatic rings. The minimum atomic E-state index is -2.02. The normalized spacial score (nSPS) is 13.5. The smallest absolute Gasteiger partial charge is 0.329 e. The van der Waals surface area contributed by atoms with Gasteiger partial charge in [-0.1, -0.05) is 84.0 Å². The van der Waals surface area contributed by atoms with Crippen LogP contribution < -0.4 is 0 Å². The molecule has 0 bridgehead atoms. The highest BCUT2D eigenvalue weighted by Crippen LogP contribution is 2.32. The van der Waals surface area contributed by atoms with Gasteiger partial charge in [-0.25, -0.2) is 0 Å². The van der Waals surface area contributed by atoms with Gasteiger partial charge in [0.1, 0.15) is 12.7 Å². The van der Waals surface area contributed by atoms with Gasteiger partial charge in [-0.3, -0.25) is 4.79 Å². The molecule has 0 heterocycles. The Hall–Kier alpha value is -0.300. The van der Waals surface area contributed by atoms with Gasteiger partial charge >= 0.3 is 14.6 Å². The number of unbranched alkanes of at least 4 members (excludes halogenated alkanes) is 12. The molecule has 0 amide bonds. The van der Waals surface area contributed by atoms with Gasteiger partial charge in [-0.05, 0) is 20.5 Å². The number of rotatable bonds is 23. The minimum Gasteiger partial charge on any atom is -0.463 e. The van der Waals surface area contributed by atoms with Crippen molar-refractivity contribution in [2.24, 2.45) is 0 Å². The molecule has 0 saturated carbocycles. The van der Waals surface area contributed by atoms with Gasteiger partial charge in [0.2, 0.25) is 0 Å². The van der Waals surface area contributed by atoms with Crippen LogP contribution in [0.15, 0.2) is 0 Å². The number of aliphatic hydroxyl groups excluding tert-OH is 1. The number of hydrogen-bond acceptors (Lipinski definition) is 7. The highest BCUT2D eigenvalue weighted by molar-refractivity contribution is 7.40. The molecule has 0 aromatic carbocycles. The van der Waals surface area contributed by atoms with Crippen LogP contribution in [0.25, 0.3) is 0 Å². The predicted octanol–water partition coefficient (Wildman–Crippen LogP) is 5.19. The molecule has 0 aliphatic carbocycles. The summed E-state index contributed by atoms with van der Waals surface area (Å²) in [5.74, 6) is -0.296. The average Bonchev–Trinajstić information content (AvgIpc) is 2.73. The van der Waals surface area contributed by atoms with Crippen molar-refractivity contribution in [3.63, 3.8) is 0 Å². The summed E-state index contributed by atoms with van der Waals surface area (Å²) in [7, 11) is 1.78. The maximum atomic E-state index is 11.7. The number of ether oxygens (including phenoxy) is 1. The number of aliphatic hydroxyl groups is 1. The van der Waals surface area contributed by atoms with Crippen molar-refractivity contribution in [3.05, 3.63) is 0 Å². The lowest BCUT2D eigenvalue weighted by molar-refractivity contribution is -0.147. The van der Waals surface area contributed by atoms with Gasteiger partial charge in [0.25, 0.3) is 0 Å². The van der Waals surface area contributed by atoms with E-state index in [4.69, 9.17) is 13.8 Å². The zero-order valence-corrected chi connectivity index (χ0v) is 21.1. The Balaban J connectivity index is 3.40. The molecule has 0 aromatic heterocycles. The Kier molecular flexibility index (Phi) is 22.7. The fraction of sp³-hybridized carbons (Fsp3) is 0.957. The van der Waals surface area contributed by atoms with E-state index in [1.165, 1.54) is 64.2 Å². The zero-order chi connectivity index (χ0) is 23.2. The van der Waals surface area contributed by atoms with E-state index in [1.807, 2.05) is 19.0 Å². The first-order valence-electron chi connectivity index (χ1n) is 12.2. The SMILES string of the molecule is CCCCCCCCCCCCCCCC(=O)OCC(O)COP(O)OCCN(C)C. The molecule has 0 spiro atoms. The van der Waals surface area contributed by atoms with E-state index >= 15 is 0 Å². The summed E-state index contributed by atoms with van der Waals surface area (Å²) >= 11 is 0. The van der Waals surface area contributed by atoms with Crippen molar-refractivity contribution < 1.29 is 28.6 Å². The fourth-order valence-corrected chi connectivity index (χ4v) is 3.70. The number of likely N-dealkylation sites (N-methyl/N-ethyl adjacent to an activating group) is 1. The summed E-state index contributed by atoms with van der Waals surface area (Å²) < 4.78 is 15.2. The van der Waals surface area contributed by atoms with E-state index < -0.39 is 14.7 Å². The molecule has 0 radical (unpaired) electrons. The summed E-state index contributed by atoms with van der Waals surface area (Å²) in [6.07, 6.45) is 15.9. The van der Waals surface area contributed by atoms with Gasteiger partial charge in [-0.15, -0.1) is 0 Å². The third-order valence-electron chi connectivity index (χ3n) is 5.04. The molecule has 0 fully saturated rings. The average molecular weight is 466 g/mol. The van der Waals surface area contributed by atoms with E-state index in [9.17, 15) is 14.8 Å². The van der Waals surface area contributed by atoms with Crippen molar-refractivity contribution in [1.82, 2.24) is 4.90 Å². The maximum Gasteiger partial charge on any atom is 0.329 e. The molecule has 8 heteroatoms. The van der Waals surface area contributed by atoms with Crippen LogP contribution in [-0.4, -0.2) is 67.4 Å². The molecular weight excluding hydrogens is 417 g/mol. The van der Waals surface area contributed by atoms with Crippen LogP contribution in [0.4, 0.5) is 0 Å². The second kappa shape index (κ2) is 22.9. The Morgan fingerprint density at radius 3 is 1.87 bits per heavy atom. The zero-order valence-electron chi connectivity index (χ0n) is 20.2. The van der Waals surface area contributed by atoms with Gasteiger partial charge in [0.15, 0.2) is 0 Å². The number of nitrogens with zero attached hydrogens (tertiary/aromatic N) is 1. The van der Waals surface area contributed by atoms with E-state index in [-0.39, 0.29) is 19.2 Å². The molecule has 2 atom stereocenters. The molecule has 0 aromatic rings. The van der Waals surface area contributed by atoms with Crippen LogP contribution in [0.3, 0.4) is 0 Å². The van der Waals surface area contributed by atoms with E-state index in [0.717, 1.165) is 19.3 Å². The third kappa shape index (κ3) is 24.2. The summed E-state index contributed by atoms with van der Waals surface area (Å²) in [6, 6.07) is 0. The Morgan fingerprint density at radius 2 is 1.35 bits per heavy atom. The van der Waals surface area contributed by atoms with E-state index in [0.29, 0.717) is 19.6 Å². The predicted molar refractivity (Wildman–Crippen MR) is 127 cm³/mol. The van der Waals surface area contributed by atoms with Crippen LogP contribution in [0, 0.1) is 0 Å². The van der Waals surface area contributed by atoms with Crippen LogP contribution in [0.2, 0.25) is 0 Å². The molecule has 186 valence electrons. The van der Waals surface area contributed by atoms with Crippen LogP contribution >= 0.6 is 8.60 Å². The lowest BCUT2D eigenvalue weighted by atomic mass is 10.0. The highest BCUT2D eigenvalue weighted by atomic mass is 31.2. The van der Waals surface area contributed by atoms with E-state index in [1.54, 1.807) is 0 Å². The summed E-state index contributed by atoms with van der Waals surface area (Å²) in [6.45, 7) is 3.01. The minimum absolute atomic E-state index is 0.127. The lowest BCUT2D eigenvalue weighted by Gasteiger charge is -2.15. The lowest BCUT2D eigenvalue weighted by Crippen LogP contribution is -2.23. The van der Waals surface area contributed by atoms with E-state index in [2.05, 4.69) is 6.92 Å². The van der Waals surface area contributed by atoms with Crippen molar-refractivity contribution in [2.75, 3.05) is 40.5 Å². The molecule has 0 aliphatic heterocycles. The molecule has 0 saturated heterocycles. The quantitative estimate of drug-likeness (QED) is 0.122. The first-order valence-corrected chi connectivity index (χ1v) is 13.3. The van der Waals surface area contributed by atoms with Crippen molar-refractivity contribution in [3.8, 4) is 0 Å². The van der Waals surface area contributed by atoms with Crippen LogP contribution in [-0.2, 0) is 18.6 Å². The topological polar surface area (TPSA) is 88.5 Å². The number of hydrogen-bond donors (Lipinski definition) is 2. The van der Waals surface area contributed by atoms with Gasteiger partial charge in [0, 0.05) is 13.0 Å². The van der Waals surface area contributed by atoms with Gasteiger partial charge in [0.05, 0.1) is 13.2 Å². The number of carbonyl (C=O) groups is 1. The molecule has 7 nitrogen and oxygen atoms in total. The molecule has 2 N–H and O–H groups in total. The third-order valence-corrected chi connectivity index (χ3v) is 5.81. The summed E-state index contributed by atoms with van der Waals surface area (Å²) in [4.78, 5) is 23.2. The first kappa shape index (κ1) is 30.7. The Labute approximate surface area is 191 Å². The largest absolute Gasteiger partial charge is 0.463 e. The van der Waals surface area contributed by atoms with Gasteiger partial charge in [-0.2, -0.15) is 0 Å². The first-order chi connectivity index (χ1) is 15.0. The second-order valence-electron chi connectivity index (χ2n) is 8.50. The van der Waals surface area contributed by atoms with Crippen LogP contribution in [0.1, 0.15) is 96.8 Å². The summed E-state index contributed by atoms with van der Waals surface area (Å²) in [5, 5.41) is 9.78. The molecule has 31 heavy (non-hydrogen) atoms. The Morgan fingerprint density at radius 1 is 0.839 bits per heavy atom.